The quantitative estimate of drug-likeness (QED) is 0.558. The number of anilines is 1. The number of hydrogen-bond donors (Lipinski definition) is 0. The Balaban J connectivity index is 1.44. The van der Waals surface area contributed by atoms with E-state index in [9.17, 15) is 14.9 Å². The second-order valence-electron chi connectivity index (χ2n) is 11.3. The molecule has 4 atom stereocenters. The van der Waals surface area contributed by atoms with E-state index in [1.807, 2.05) is 37.8 Å². The Kier molecular flexibility index (Phi) is 6.31. The Bertz CT molecular complexity index is 1280. The van der Waals surface area contributed by atoms with Gasteiger partial charge in [0.15, 0.2) is 0 Å². The summed E-state index contributed by atoms with van der Waals surface area (Å²) in [7, 11) is 3.36. The van der Waals surface area contributed by atoms with Crippen LogP contribution in [0.5, 0.6) is 0 Å². The smallest absolute Gasteiger partial charge is 0.410 e. The molecule has 8 nitrogen and oxygen atoms in total. The van der Waals surface area contributed by atoms with Gasteiger partial charge in [0.05, 0.1) is 40.3 Å². The van der Waals surface area contributed by atoms with Crippen LogP contribution < -0.4 is 4.90 Å². The molecular formula is C28H32ClN5O3. The lowest BCUT2D eigenvalue weighted by molar-refractivity contribution is 0.00666. The molecule has 2 aromatic rings. The molecule has 3 aliphatic rings. The third-order valence-corrected chi connectivity index (χ3v) is 7.92. The summed E-state index contributed by atoms with van der Waals surface area (Å²) in [6.07, 6.45) is 5.29. The van der Waals surface area contributed by atoms with E-state index in [4.69, 9.17) is 21.3 Å². The van der Waals surface area contributed by atoms with Crippen LogP contribution in [-0.4, -0.2) is 70.6 Å². The molecule has 1 aromatic heterocycles. The zero-order valence-electron chi connectivity index (χ0n) is 21.9. The van der Waals surface area contributed by atoms with Crippen molar-refractivity contribution in [2.75, 3.05) is 19.0 Å². The van der Waals surface area contributed by atoms with Crippen molar-refractivity contribution in [3.05, 3.63) is 46.6 Å². The predicted molar refractivity (Wildman–Crippen MR) is 142 cm³/mol. The van der Waals surface area contributed by atoms with Gasteiger partial charge < -0.3 is 14.5 Å². The van der Waals surface area contributed by atoms with Crippen molar-refractivity contribution in [1.82, 2.24) is 14.8 Å². The molecule has 0 aliphatic carbocycles. The number of amides is 2. The van der Waals surface area contributed by atoms with Crippen LogP contribution in [0.25, 0.3) is 11.1 Å². The average Bonchev–Trinajstić information content (AvgIpc) is 3.37. The second-order valence-corrected chi connectivity index (χ2v) is 11.7. The molecule has 3 fully saturated rings. The van der Waals surface area contributed by atoms with Crippen LogP contribution >= 0.6 is 11.6 Å². The molecule has 3 saturated heterocycles. The summed E-state index contributed by atoms with van der Waals surface area (Å²) < 4.78 is 5.74. The summed E-state index contributed by atoms with van der Waals surface area (Å²) in [4.78, 5) is 35.9. The molecule has 1 aromatic carbocycles. The Hall–Kier alpha value is -3.31. The van der Waals surface area contributed by atoms with Gasteiger partial charge in [0.25, 0.3) is 5.91 Å². The number of ether oxygens (including phenoxy) is 1. The normalized spacial score (nSPS) is 24.1. The minimum atomic E-state index is -0.543. The van der Waals surface area contributed by atoms with Crippen LogP contribution in [0, 0.1) is 11.3 Å². The molecule has 0 radical (unpaired) electrons. The van der Waals surface area contributed by atoms with Crippen LogP contribution in [0.3, 0.4) is 0 Å². The van der Waals surface area contributed by atoms with Crippen LogP contribution in [0.1, 0.15) is 62.4 Å². The fraction of sp³-hybridized carbons (Fsp3) is 0.500. The summed E-state index contributed by atoms with van der Waals surface area (Å²) in [6, 6.07) is 9.75. The third-order valence-electron chi connectivity index (χ3n) is 7.61. The fourth-order valence-corrected chi connectivity index (χ4v) is 6.42. The maximum atomic E-state index is 13.1. The number of fused-ring (bicyclic) bond motifs is 6. The molecule has 4 heterocycles. The SMILES string of the molecule is CN(C)C(=O)c1ccc(-c2cnc(N3C4CCC3C3CCC4N3C(=O)OC(C)(C)C)c(C#N)c2)cc1Cl. The number of nitrogens with zero attached hydrogens (tertiary/aromatic N) is 5. The minimum absolute atomic E-state index is 0.0483. The summed E-state index contributed by atoms with van der Waals surface area (Å²) >= 11 is 6.43. The first-order valence-electron chi connectivity index (χ1n) is 12.7. The number of carbonyl (C=O) groups is 2. The molecule has 0 N–H and O–H groups in total. The summed E-state index contributed by atoms with van der Waals surface area (Å²) in [5.41, 5.74) is 1.92. The van der Waals surface area contributed by atoms with Gasteiger partial charge in [0, 0.05) is 25.9 Å². The largest absolute Gasteiger partial charge is 0.444 e. The lowest BCUT2D eigenvalue weighted by Crippen LogP contribution is -2.62. The second kappa shape index (κ2) is 9.21. The third kappa shape index (κ3) is 4.40. The number of piperazine rings is 1. The number of hydrogen-bond acceptors (Lipinski definition) is 6. The highest BCUT2D eigenvalue weighted by Crippen LogP contribution is 2.48. The number of rotatable bonds is 3. The van der Waals surface area contributed by atoms with E-state index < -0.39 is 5.60 Å². The van der Waals surface area contributed by atoms with E-state index in [1.165, 1.54) is 4.90 Å². The lowest BCUT2D eigenvalue weighted by Gasteiger charge is -2.47. The van der Waals surface area contributed by atoms with Crippen LogP contribution in [0.4, 0.5) is 10.6 Å². The predicted octanol–water partition coefficient (Wildman–Crippen LogP) is 5.09. The molecule has 2 amide bonds. The number of carbonyl (C=O) groups excluding carboxylic acids is 2. The number of pyridine rings is 1. The number of halogens is 1. The number of benzene rings is 1. The maximum absolute atomic E-state index is 13.1. The molecule has 0 saturated carbocycles. The van der Waals surface area contributed by atoms with Gasteiger partial charge >= 0.3 is 6.09 Å². The Labute approximate surface area is 222 Å². The first-order valence-corrected chi connectivity index (χ1v) is 13.1. The Morgan fingerprint density at radius 1 is 1.05 bits per heavy atom. The fourth-order valence-electron chi connectivity index (χ4n) is 6.15. The summed E-state index contributed by atoms with van der Waals surface area (Å²) in [5, 5.41) is 10.4. The molecule has 0 spiro atoms. The summed E-state index contributed by atoms with van der Waals surface area (Å²) in [6.45, 7) is 5.68. The van der Waals surface area contributed by atoms with Crippen molar-refractivity contribution >= 4 is 29.4 Å². The van der Waals surface area contributed by atoms with E-state index in [-0.39, 0.29) is 36.2 Å². The molecular weight excluding hydrogens is 490 g/mol. The molecule has 5 rings (SSSR count). The van der Waals surface area contributed by atoms with Crippen LogP contribution in [0.15, 0.2) is 30.5 Å². The van der Waals surface area contributed by atoms with Gasteiger partial charge in [-0.25, -0.2) is 9.78 Å². The monoisotopic (exact) mass is 521 g/mol. The molecule has 9 heteroatoms. The van der Waals surface area contributed by atoms with Gasteiger partial charge in [0.1, 0.15) is 17.5 Å². The van der Waals surface area contributed by atoms with E-state index >= 15 is 0 Å². The minimum Gasteiger partial charge on any atom is -0.444 e. The van der Waals surface area contributed by atoms with Gasteiger partial charge in [-0.05, 0) is 70.2 Å². The summed E-state index contributed by atoms with van der Waals surface area (Å²) in [5.74, 6) is 0.503. The van der Waals surface area contributed by atoms with Gasteiger partial charge in [-0.3, -0.25) is 9.69 Å². The number of nitriles is 1. The highest BCUT2D eigenvalue weighted by molar-refractivity contribution is 6.34. The zero-order valence-corrected chi connectivity index (χ0v) is 22.6. The molecule has 194 valence electrons. The first-order chi connectivity index (χ1) is 17.5. The van der Waals surface area contributed by atoms with E-state index in [0.717, 1.165) is 36.8 Å². The molecule has 3 aliphatic heterocycles. The van der Waals surface area contributed by atoms with E-state index in [1.54, 1.807) is 32.4 Å². The highest BCUT2D eigenvalue weighted by Gasteiger charge is 2.58. The first kappa shape index (κ1) is 25.3. The van der Waals surface area contributed by atoms with Gasteiger partial charge in [-0.15, -0.1) is 0 Å². The average molecular weight is 522 g/mol. The highest BCUT2D eigenvalue weighted by atomic mass is 35.5. The number of aromatic nitrogens is 1. The molecule has 37 heavy (non-hydrogen) atoms. The lowest BCUT2D eigenvalue weighted by atomic mass is 10.0. The van der Waals surface area contributed by atoms with Gasteiger partial charge in [0.2, 0.25) is 0 Å². The van der Waals surface area contributed by atoms with E-state index in [0.29, 0.717) is 22.0 Å². The van der Waals surface area contributed by atoms with Crippen molar-refractivity contribution in [2.24, 2.45) is 0 Å². The van der Waals surface area contributed by atoms with Crippen molar-refractivity contribution in [3.63, 3.8) is 0 Å². The molecule has 4 unspecified atom stereocenters. The van der Waals surface area contributed by atoms with Crippen LogP contribution in [-0.2, 0) is 4.74 Å². The Morgan fingerprint density at radius 2 is 1.68 bits per heavy atom. The van der Waals surface area contributed by atoms with Crippen molar-refractivity contribution in [1.29, 1.82) is 5.26 Å². The van der Waals surface area contributed by atoms with Crippen molar-refractivity contribution in [3.8, 4) is 17.2 Å². The maximum Gasteiger partial charge on any atom is 0.410 e. The van der Waals surface area contributed by atoms with Crippen molar-refractivity contribution in [2.45, 2.75) is 76.2 Å². The van der Waals surface area contributed by atoms with Crippen molar-refractivity contribution < 1.29 is 14.3 Å². The zero-order chi connectivity index (χ0) is 26.6. The van der Waals surface area contributed by atoms with Gasteiger partial charge in [-0.1, -0.05) is 17.7 Å². The van der Waals surface area contributed by atoms with Gasteiger partial charge in [-0.2, -0.15) is 5.26 Å². The molecule has 4 bridgehead atoms. The Morgan fingerprint density at radius 3 is 2.22 bits per heavy atom. The topological polar surface area (TPSA) is 89.8 Å². The van der Waals surface area contributed by atoms with E-state index in [2.05, 4.69) is 11.0 Å². The van der Waals surface area contributed by atoms with Crippen LogP contribution in [0.2, 0.25) is 5.02 Å². The standard InChI is InChI=1S/C28H32ClN5O3/c1-28(2,3)37-27(36)34-23-10-11-24(34)22-9-8-21(23)33(22)25-17(14-30)12-18(15-31-25)16-6-7-19(20(29)13-16)26(35)32(4)5/h6-7,12-13,15,21-24H,8-11H2,1-5H3.